The van der Waals surface area contributed by atoms with Crippen LogP contribution in [-0.4, -0.2) is 22.6 Å². The van der Waals surface area contributed by atoms with Crippen LogP contribution in [0, 0.1) is 0 Å². The number of imide groups is 1. The van der Waals surface area contributed by atoms with Gasteiger partial charge >= 0.3 is 0 Å². The van der Waals surface area contributed by atoms with E-state index in [1.54, 1.807) is 0 Å². The third kappa shape index (κ3) is 2.07. The number of hydrogen-bond donors (Lipinski definition) is 1. The number of amides is 2. The fourth-order valence-electron chi connectivity index (χ4n) is 0.976. The van der Waals surface area contributed by atoms with Crippen molar-refractivity contribution in [2.75, 3.05) is 5.88 Å². The van der Waals surface area contributed by atoms with Crippen molar-refractivity contribution in [2.24, 2.45) is 0 Å². The third-order valence-electron chi connectivity index (χ3n) is 1.47. The summed E-state index contributed by atoms with van der Waals surface area (Å²) < 4.78 is 0. The Morgan fingerprint density at radius 3 is 2.18 bits per heavy atom. The van der Waals surface area contributed by atoms with Crippen LogP contribution in [0.4, 0.5) is 0 Å². The standard InChI is InChI=1S/C6H7Cl2NO2/c7-3-6(8)1-4(10)9-5(11)2-6/h1-3H2,(H,9,10,11). The molecule has 1 N–H and O–H groups in total. The molecule has 5 heteroatoms. The largest absolute Gasteiger partial charge is 0.296 e. The quantitative estimate of drug-likeness (QED) is 0.494. The molecule has 62 valence electrons. The highest BCUT2D eigenvalue weighted by Gasteiger charge is 2.37. The number of rotatable bonds is 1. The molecule has 0 aliphatic carbocycles. The van der Waals surface area contributed by atoms with Crippen molar-refractivity contribution in [1.82, 2.24) is 5.32 Å². The summed E-state index contributed by atoms with van der Waals surface area (Å²) >= 11 is 11.3. The molecular weight excluding hydrogens is 189 g/mol. The van der Waals surface area contributed by atoms with Crippen molar-refractivity contribution in [3.05, 3.63) is 0 Å². The van der Waals surface area contributed by atoms with Crippen molar-refractivity contribution < 1.29 is 9.59 Å². The second kappa shape index (κ2) is 2.99. The first-order valence-electron chi connectivity index (χ1n) is 3.13. The molecule has 0 spiro atoms. The van der Waals surface area contributed by atoms with Crippen LogP contribution >= 0.6 is 23.2 Å². The van der Waals surface area contributed by atoms with Gasteiger partial charge in [-0.3, -0.25) is 14.9 Å². The average molecular weight is 196 g/mol. The van der Waals surface area contributed by atoms with Gasteiger partial charge in [-0.25, -0.2) is 0 Å². The van der Waals surface area contributed by atoms with Gasteiger partial charge in [-0.2, -0.15) is 0 Å². The summed E-state index contributed by atoms with van der Waals surface area (Å²) in [5.41, 5.74) is 0. The van der Waals surface area contributed by atoms with Crippen molar-refractivity contribution in [2.45, 2.75) is 17.7 Å². The number of piperidine rings is 1. The van der Waals surface area contributed by atoms with E-state index < -0.39 is 4.87 Å². The molecule has 1 aliphatic rings. The lowest BCUT2D eigenvalue weighted by atomic mass is 9.98. The highest BCUT2D eigenvalue weighted by atomic mass is 35.5. The maximum atomic E-state index is 10.8. The first-order valence-corrected chi connectivity index (χ1v) is 4.04. The van der Waals surface area contributed by atoms with Gasteiger partial charge in [0.1, 0.15) is 0 Å². The average Bonchev–Trinajstić information content (AvgIpc) is 1.84. The van der Waals surface area contributed by atoms with Gasteiger partial charge in [0.25, 0.3) is 0 Å². The van der Waals surface area contributed by atoms with Crippen LogP contribution in [0.5, 0.6) is 0 Å². The maximum Gasteiger partial charge on any atom is 0.228 e. The highest BCUT2D eigenvalue weighted by molar-refractivity contribution is 6.33. The normalized spacial score (nSPS) is 23.1. The summed E-state index contributed by atoms with van der Waals surface area (Å²) in [5, 5.41) is 2.15. The summed E-state index contributed by atoms with van der Waals surface area (Å²) in [6, 6.07) is 0. The lowest BCUT2D eigenvalue weighted by Crippen LogP contribution is -2.46. The monoisotopic (exact) mass is 195 g/mol. The molecule has 0 aromatic heterocycles. The summed E-state index contributed by atoms with van der Waals surface area (Å²) in [5.74, 6) is -0.581. The molecular formula is C6H7Cl2NO2. The van der Waals surface area contributed by atoms with E-state index in [-0.39, 0.29) is 30.5 Å². The minimum atomic E-state index is -0.860. The predicted octanol–water partition coefficient (Wildman–Crippen LogP) is 0.639. The Morgan fingerprint density at radius 1 is 1.36 bits per heavy atom. The lowest BCUT2D eigenvalue weighted by molar-refractivity contribution is -0.133. The number of alkyl halides is 2. The molecule has 1 fully saturated rings. The summed E-state index contributed by atoms with van der Waals surface area (Å²) in [6.45, 7) is 0. The zero-order chi connectivity index (χ0) is 8.48. The molecule has 1 rings (SSSR count). The van der Waals surface area contributed by atoms with Crippen molar-refractivity contribution in [3.63, 3.8) is 0 Å². The van der Waals surface area contributed by atoms with Crippen LogP contribution < -0.4 is 5.32 Å². The fraction of sp³-hybridized carbons (Fsp3) is 0.667. The molecule has 0 unspecified atom stereocenters. The van der Waals surface area contributed by atoms with E-state index >= 15 is 0 Å². The van der Waals surface area contributed by atoms with Crippen molar-refractivity contribution in [1.29, 1.82) is 0 Å². The van der Waals surface area contributed by atoms with Crippen LogP contribution in [0.2, 0.25) is 0 Å². The molecule has 0 aromatic rings. The molecule has 2 amide bonds. The Labute approximate surface area is 74.0 Å². The van der Waals surface area contributed by atoms with Gasteiger partial charge in [0, 0.05) is 18.7 Å². The zero-order valence-corrected chi connectivity index (χ0v) is 7.21. The van der Waals surface area contributed by atoms with Crippen molar-refractivity contribution in [3.8, 4) is 0 Å². The minimum Gasteiger partial charge on any atom is -0.296 e. The lowest BCUT2D eigenvalue weighted by Gasteiger charge is -2.26. The van der Waals surface area contributed by atoms with E-state index in [4.69, 9.17) is 23.2 Å². The van der Waals surface area contributed by atoms with E-state index in [0.717, 1.165) is 0 Å². The molecule has 0 saturated carbocycles. The van der Waals surface area contributed by atoms with E-state index in [0.29, 0.717) is 0 Å². The predicted molar refractivity (Wildman–Crippen MR) is 41.7 cm³/mol. The Hall–Kier alpha value is -0.280. The molecule has 1 heterocycles. The van der Waals surface area contributed by atoms with Crippen LogP contribution in [0.3, 0.4) is 0 Å². The van der Waals surface area contributed by atoms with Gasteiger partial charge in [0.05, 0.1) is 4.87 Å². The molecule has 0 bridgehead atoms. The molecule has 0 aromatic carbocycles. The summed E-state index contributed by atoms with van der Waals surface area (Å²) in [7, 11) is 0. The third-order valence-corrected chi connectivity index (χ3v) is 2.52. The summed E-state index contributed by atoms with van der Waals surface area (Å²) in [6.07, 6.45) is 0.230. The molecule has 11 heavy (non-hydrogen) atoms. The van der Waals surface area contributed by atoms with Crippen LogP contribution in [-0.2, 0) is 9.59 Å². The van der Waals surface area contributed by atoms with Crippen molar-refractivity contribution >= 4 is 35.0 Å². The SMILES string of the molecule is O=C1CC(Cl)(CCl)CC(=O)N1. The number of hydrogen-bond acceptors (Lipinski definition) is 2. The number of carbonyl (C=O) groups is 2. The molecule has 3 nitrogen and oxygen atoms in total. The molecule has 1 saturated heterocycles. The second-order valence-electron chi connectivity index (χ2n) is 2.61. The maximum absolute atomic E-state index is 10.8. The van der Waals surface area contributed by atoms with Gasteiger partial charge in [-0.05, 0) is 0 Å². The van der Waals surface area contributed by atoms with Gasteiger partial charge in [0.15, 0.2) is 0 Å². The minimum absolute atomic E-state index is 0.115. The smallest absolute Gasteiger partial charge is 0.228 e. The summed E-state index contributed by atoms with van der Waals surface area (Å²) in [4.78, 5) is 20.7. The topological polar surface area (TPSA) is 46.2 Å². The highest BCUT2D eigenvalue weighted by Crippen LogP contribution is 2.28. The van der Waals surface area contributed by atoms with E-state index in [1.165, 1.54) is 0 Å². The van der Waals surface area contributed by atoms with E-state index in [2.05, 4.69) is 5.32 Å². The van der Waals surface area contributed by atoms with Crippen LogP contribution in [0.1, 0.15) is 12.8 Å². The second-order valence-corrected chi connectivity index (χ2v) is 3.68. The van der Waals surface area contributed by atoms with Gasteiger partial charge < -0.3 is 0 Å². The number of nitrogens with one attached hydrogen (secondary N) is 1. The van der Waals surface area contributed by atoms with E-state index in [9.17, 15) is 9.59 Å². The zero-order valence-electron chi connectivity index (χ0n) is 5.69. The van der Waals surface area contributed by atoms with Gasteiger partial charge in [0.2, 0.25) is 11.8 Å². The molecule has 0 atom stereocenters. The van der Waals surface area contributed by atoms with Crippen LogP contribution in [0.15, 0.2) is 0 Å². The van der Waals surface area contributed by atoms with Crippen LogP contribution in [0.25, 0.3) is 0 Å². The van der Waals surface area contributed by atoms with Gasteiger partial charge in [-0.15, -0.1) is 23.2 Å². The van der Waals surface area contributed by atoms with Gasteiger partial charge in [-0.1, -0.05) is 0 Å². The number of carbonyl (C=O) groups excluding carboxylic acids is 2. The molecule has 0 radical (unpaired) electrons. The molecule has 1 aliphatic heterocycles. The Kier molecular flexibility index (Phi) is 2.40. The number of halogens is 2. The Bertz CT molecular complexity index is 189. The first-order chi connectivity index (χ1) is 5.06. The fourth-order valence-corrected chi connectivity index (χ4v) is 1.41. The van der Waals surface area contributed by atoms with E-state index in [1.807, 2.05) is 0 Å². The Morgan fingerprint density at radius 2 is 1.82 bits per heavy atom. The first kappa shape index (κ1) is 8.81. The Balaban J connectivity index is 2.70.